The van der Waals surface area contributed by atoms with Crippen LogP contribution in [-0.2, 0) is 0 Å². The number of aromatic nitrogens is 1. The van der Waals surface area contributed by atoms with Gasteiger partial charge in [0.2, 0.25) is 0 Å². The predicted octanol–water partition coefficient (Wildman–Crippen LogP) is 2.23. The number of hydrogen-bond acceptors (Lipinski definition) is 3. The van der Waals surface area contributed by atoms with Crippen molar-refractivity contribution >= 4 is 5.91 Å². The zero-order valence-electron chi connectivity index (χ0n) is 12.3. The first kappa shape index (κ1) is 14.4. The monoisotopic (exact) mass is 292 g/mol. The van der Waals surface area contributed by atoms with Gasteiger partial charge in [-0.2, -0.15) is 0 Å². The largest absolute Gasteiger partial charge is 0.390 e. The van der Waals surface area contributed by atoms with Crippen LogP contribution in [0.2, 0.25) is 0 Å². The van der Waals surface area contributed by atoms with E-state index in [0.29, 0.717) is 25.4 Å². The molecule has 0 spiro atoms. The van der Waals surface area contributed by atoms with Gasteiger partial charge in [-0.3, -0.25) is 9.78 Å². The summed E-state index contributed by atoms with van der Waals surface area (Å²) in [4.78, 5) is 17.9. The number of carbonyl (C=O) groups excluding carboxylic acids is 1. The van der Waals surface area contributed by atoms with Gasteiger partial charge in [-0.05, 0) is 31.2 Å². The maximum absolute atomic E-state index is 13.7. The summed E-state index contributed by atoms with van der Waals surface area (Å²) in [7, 11) is 0. The van der Waals surface area contributed by atoms with Gasteiger partial charge in [-0.25, -0.2) is 4.39 Å². The minimum Gasteiger partial charge on any atom is -0.390 e. The highest BCUT2D eigenvalue weighted by Crippen LogP contribution is 2.44. The van der Waals surface area contributed by atoms with E-state index in [-0.39, 0.29) is 17.4 Å². The number of halogens is 1. The average Bonchev–Trinajstić information content (AvgIpc) is 2.93. The van der Waals surface area contributed by atoms with E-state index in [1.165, 1.54) is 12.3 Å². The van der Waals surface area contributed by atoms with Crippen LogP contribution in [0.3, 0.4) is 0 Å². The zero-order chi connectivity index (χ0) is 15.0. The van der Waals surface area contributed by atoms with Gasteiger partial charge in [0.15, 0.2) is 5.82 Å². The quantitative estimate of drug-likeness (QED) is 0.909. The molecule has 1 amide bonds. The second kappa shape index (κ2) is 5.37. The number of aliphatic hydroxyl groups is 1. The second-order valence-corrected chi connectivity index (χ2v) is 6.28. The summed E-state index contributed by atoms with van der Waals surface area (Å²) in [5.41, 5.74) is -0.599. The highest BCUT2D eigenvalue weighted by atomic mass is 19.1. The molecule has 0 radical (unpaired) electrons. The number of nitrogens with zero attached hydrogens (tertiary/aromatic N) is 2. The van der Waals surface area contributed by atoms with Gasteiger partial charge >= 0.3 is 0 Å². The first-order valence-electron chi connectivity index (χ1n) is 7.66. The van der Waals surface area contributed by atoms with Crippen molar-refractivity contribution in [2.45, 2.75) is 38.2 Å². The zero-order valence-corrected chi connectivity index (χ0v) is 12.3. The van der Waals surface area contributed by atoms with Gasteiger partial charge in [0.1, 0.15) is 0 Å². The van der Waals surface area contributed by atoms with E-state index in [0.717, 1.165) is 25.5 Å². The summed E-state index contributed by atoms with van der Waals surface area (Å²) in [5, 5.41) is 10.8. The number of amides is 1. The Balaban J connectivity index is 1.80. The Hall–Kier alpha value is -1.49. The molecule has 2 fully saturated rings. The van der Waals surface area contributed by atoms with Crippen LogP contribution in [0.25, 0.3) is 0 Å². The molecule has 0 unspecified atom stereocenters. The molecular weight excluding hydrogens is 271 g/mol. The molecule has 1 aliphatic carbocycles. The normalized spacial score (nSPS) is 32.0. The third-order valence-corrected chi connectivity index (χ3v) is 5.22. The lowest BCUT2D eigenvalue weighted by molar-refractivity contribution is -0.0609. The third-order valence-electron chi connectivity index (χ3n) is 5.22. The van der Waals surface area contributed by atoms with Crippen molar-refractivity contribution in [3.8, 4) is 0 Å². The van der Waals surface area contributed by atoms with Crippen LogP contribution in [0.1, 0.15) is 43.0 Å². The minimum absolute atomic E-state index is 0.0729. The number of pyridine rings is 1. The molecule has 0 bridgehead atoms. The highest BCUT2D eigenvalue weighted by molar-refractivity contribution is 5.94. The van der Waals surface area contributed by atoms with E-state index in [1.807, 2.05) is 6.92 Å². The Morgan fingerprint density at radius 2 is 2.38 bits per heavy atom. The molecule has 1 aromatic rings. The van der Waals surface area contributed by atoms with Crippen LogP contribution in [0, 0.1) is 17.7 Å². The molecule has 4 nitrogen and oxygen atoms in total. The van der Waals surface area contributed by atoms with Crippen molar-refractivity contribution in [2.75, 3.05) is 13.1 Å². The van der Waals surface area contributed by atoms with E-state index in [2.05, 4.69) is 4.98 Å². The third kappa shape index (κ3) is 2.44. The standard InChI is InChI=1S/C16H21FN2O2/c1-2-16(21)6-3-4-11-9-19(10-13(11)16)15(20)12-5-7-18-8-14(12)17/h5,7-8,11,13,21H,2-4,6,9-10H2,1H3/t11-,13+,16-/m1/s1. The Morgan fingerprint density at radius 3 is 3.10 bits per heavy atom. The van der Waals surface area contributed by atoms with Gasteiger partial charge in [0.05, 0.1) is 17.4 Å². The van der Waals surface area contributed by atoms with Gasteiger partial charge in [-0.1, -0.05) is 13.3 Å². The van der Waals surface area contributed by atoms with Gasteiger partial charge in [-0.15, -0.1) is 0 Å². The smallest absolute Gasteiger partial charge is 0.256 e. The van der Waals surface area contributed by atoms with Gasteiger partial charge in [0.25, 0.3) is 5.91 Å². The van der Waals surface area contributed by atoms with Crippen molar-refractivity contribution in [1.29, 1.82) is 0 Å². The molecule has 5 heteroatoms. The lowest BCUT2D eigenvalue weighted by Gasteiger charge is -2.40. The number of likely N-dealkylation sites (tertiary alicyclic amines) is 1. The molecule has 1 aliphatic heterocycles. The molecule has 2 aliphatic rings. The molecule has 0 aromatic carbocycles. The molecule has 1 aromatic heterocycles. The van der Waals surface area contributed by atoms with E-state index in [4.69, 9.17) is 0 Å². The summed E-state index contributed by atoms with van der Waals surface area (Å²) in [6.45, 7) is 3.14. The minimum atomic E-state index is -0.672. The summed E-state index contributed by atoms with van der Waals surface area (Å²) in [5.74, 6) is -0.423. The average molecular weight is 292 g/mol. The van der Waals surface area contributed by atoms with Crippen LogP contribution < -0.4 is 0 Å². The summed E-state index contributed by atoms with van der Waals surface area (Å²) in [6, 6.07) is 1.42. The summed E-state index contributed by atoms with van der Waals surface area (Å²) >= 11 is 0. The van der Waals surface area contributed by atoms with E-state index < -0.39 is 11.4 Å². The van der Waals surface area contributed by atoms with Crippen LogP contribution in [0.5, 0.6) is 0 Å². The van der Waals surface area contributed by atoms with Crippen LogP contribution in [0.15, 0.2) is 18.5 Å². The fraction of sp³-hybridized carbons (Fsp3) is 0.625. The number of fused-ring (bicyclic) bond motifs is 1. The lowest BCUT2D eigenvalue weighted by atomic mass is 9.69. The maximum atomic E-state index is 13.7. The molecule has 2 heterocycles. The fourth-order valence-electron chi connectivity index (χ4n) is 3.95. The summed E-state index contributed by atoms with van der Waals surface area (Å²) in [6.07, 6.45) is 6.05. The van der Waals surface area contributed by atoms with E-state index in [9.17, 15) is 14.3 Å². The molecule has 21 heavy (non-hydrogen) atoms. The Bertz CT molecular complexity index is 551. The Kier molecular flexibility index (Phi) is 3.69. The maximum Gasteiger partial charge on any atom is 0.256 e. The molecule has 1 saturated heterocycles. The van der Waals surface area contributed by atoms with Crippen LogP contribution in [0.4, 0.5) is 4.39 Å². The van der Waals surface area contributed by atoms with E-state index >= 15 is 0 Å². The molecule has 1 saturated carbocycles. The van der Waals surface area contributed by atoms with Crippen LogP contribution in [-0.4, -0.2) is 39.6 Å². The second-order valence-electron chi connectivity index (χ2n) is 6.28. The van der Waals surface area contributed by atoms with E-state index in [1.54, 1.807) is 4.90 Å². The van der Waals surface area contributed by atoms with Gasteiger partial charge in [0, 0.05) is 25.2 Å². The van der Waals surface area contributed by atoms with Crippen molar-refractivity contribution in [3.05, 3.63) is 29.8 Å². The van der Waals surface area contributed by atoms with Crippen molar-refractivity contribution < 1.29 is 14.3 Å². The molecule has 1 N–H and O–H groups in total. The van der Waals surface area contributed by atoms with Gasteiger partial charge < -0.3 is 10.0 Å². The topological polar surface area (TPSA) is 53.4 Å². The number of rotatable bonds is 2. The number of hydrogen-bond donors (Lipinski definition) is 1. The van der Waals surface area contributed by atoms with Crippen molar-refractivity contribution in [2.24, 2.45) is 11.8 Å². The van der Waals surface area contributed by atoms with Crippen molar-refractivity contribution in [1.82, 2.24) is 9.88 Å². The lowest BCUT2D eigenvalue weighted by Crippen LogP contribution is -2.44. The summed E-state index contributed by atoms with van der Waals surface area (Å²) < 4.78 is 13.7. The van der Waals surface area contributed by atoms with Crippen molar-refractivity contribution in [3.63, 3.8) is 0 Å². The molecule has 114 valence electrons. The number of carbonyl (C=O) groups is 1. The molecular formula is C16H21FN2O2. The first-order valence-corrected chi connectivity index (χ1v) is 7.66. The predicted molar refractivity (Wildman–Crippen MR) is 76.2 cm³/mol. The SMILES string of the molecule is CC[C@@]1(O)CCC[C@@H]2CN(C(=O)c3ccncc3F)C[C@@H]21. The highest BCUT2D eigenvalue weighted by Gasteiger charge is 2.48. The molecule has 3 rings (SSSR count). The Morgan fingerprint density at radius 1 is 1.57 bits per heavy atom. The van der Waals surface area contributed by atoms with Crippen LogP contribution >= 0.6 is 0 Å². The Labute approximate surface area is 124 Å². The fourth-order valence-corrected chi connectivity index (χ4v) is 3.95. The molecule has 3 atom stereocenters. The first-order chi connectivity index (χ1) is 10.0.